The number of ether oxygens (including phenoxy) is 2. The van der Waals surface area contributed by atoms with Crippen molar-refractivity contribution in [3.8, 4) is 11.5 Å². The van der Waals surface area contributed by atoms with Crippen LogP contribution in [0.15, 0.2) is 24.3 Å². The van der Waals surface area contributed by atoms with Crippen molar-refractivity contribution in [2.24, 2.45) is 0 Å². The minimum atomic E-state index is -0.138. The molecule has 19 heavy (non-hydrogen) atoms. The topological polar surface area (TPSA) is 63.4 Å². The average Bonchev–Trinajstić information content (AvgIpc) is 2.94. The first-order valence-electron chi connectivity index (χ1n) is 6.01. The summed E-state index contributed by atoms with van der Waals surface area (Å²) in [4.78, 5) is 15.3. The van der Waals surface area contributed by atoms with Gasteiger partial charge in [-0.3, -0.25) is 4.79 Å². The van der Waals surface area contributed by atoms with Gasteiger partial charge in [-0.15, -0.1) is 0 Å². The van der Waals surface area contributed by atoms with Crippen molar-refractivity contribution in [3.05, 3.63) is 41.2 Å². The predicted molar refractivity (Wildman–Crippen MR) is 70.8 cm³/mol. The summed E-state index contributed by atoms with van der Waals surface area (Å²) in [7, 11) is 0. The van der Waals surface area contributed by atoms with Crippen LogP contribution in [0.2, 0.25) is 0 Å². The van der Waals surface area contributed by atoms with Crippen molar-refractivity contribution < 1.29 is 14.3 Å². The molecule has 0 spiro atoms. The second-order valence-corrected chi connectivity index (χ2v) is 4.51. The van der Waals surface area contributed by atoms with Crippen LogP contribution in [-0.4, -0.2) is 17.7 Å². The number of amides is 1. The summed E-state index contributed by atoms with van der Waals surface area (Å²) in [5.74, 6) is 1.21. The van der Waals surface area contributed by atoms with Crippen LogP contribution in [0.1, 0.15) is 21.7 Å². The number of anilines is 1. The first-order valence-corrected chi connectivity index (χ1v) is 6.01. The van der Waals surface area contributed by atoms with Crippen molar-refractivity contribution >= 4 is 11.6 Å². The Labute approximate surface area is 110 Å². The van der Waals surface area contributed by atoms with Gasteiger partial charge in [-0.1, -0.05) is 0 Å². The number of nitrogens with one attached hydrogen (secondary N) is 2. The van der Waals surface area contributed by atoms with E-state index in [0.717, 1.165) is 11.4 Å². The van der Waals surface area contributed by atoms with Gasteiger partial charge in [0.05, 0.1) is 5.56 Å². The SMILES string of the molecule is Cc1cc(C(=O)Nc2ccc3c(c2)OCO3)c(C)[nH]1. The fourth-order valence-corrected chi connectivity index (χ4v) is 2.13. The Morgan fingerprint density at radius 1 is 1.21 bits per heavy atom. The van der Waals surface area contributed by atoms with Gasteiger partial charge in [-0.05, 0) is 32.0 Å². The van der Waals surface area contributed by atoms with Crippen LogP contribution < -0.4 is 14.8 Å². The molecule has 2 N–H and O–H groups in total. The molecule has 0 saturated heterocycles. The molecule has 98 valence electrons. The molecule has 0 bridgehead atoms. The molecule has 3 rings (SSSR count). The first-order chi connectivity index (χ1) is 9.13. The van der Waals surface area contributed by atoms with Crippen LogP contribution >= 0.6 is 0 Å². The number of carbonyl (C=O) groups excluding carboxylic acids is 1. The molecule has 0 atom stereocenters. The van der Waals surface area contributed by atoms with E-state index in [4.69, 9.17) is 9.47 Å². The molecule has 5 nitrogen and oxygen atoms in total. The highest BCUT2D eigenvalue weighted by Crippen LogP contribution is 2.34. The quantitative estimate of drug-likeness (QED) is 0.870. The molecule has 0 aliphatic carbocycles. The molecule has 0 radical (unpaired) electrons. The van der Waals surface area contributed by atoms with Crippen molar-refractivity contribution in [2.45, 2.75) is 13.8 Å². The minimum Gasteiger partial charge on any atom is -0.454 e. The van der Waals surface area contributed by atoms with Gasteiger partial charge in [-0.2, -0.15) is 0 Å². The van der Waals surface area contributed by atoms with Crippen LogP contribution in [0.4, 0.5) is 5.69 Å². The Bertz CT molecular complexity index is 646. The molecular formula is C14H14N2O3. The van der Waals surface area contributed by atoms with E-state index < -0.39 is 0 Å². The molecule has 5 heteroatoms. The fourth-order valence-electron chi connectivity index (χ4n) is 2.13. The summed E-state index contributed by atoms with van der Waals surface area (Å²) in [5, 5.41) is 2.85. The Morgan fingerprint density at radius 2 is 2.00 bits per heavy atom. The zero-order valence-electron chi connectivity index (χ0n) is 10.7. The lowest BCUT2D eigenvalue weighted by molar-refractivity contribution is 0.102. The summed E-state index contributed by atoms with van der Waals surface area (Å²) < 4.78 is 10.5. The number of aromatic nitrogens is 1. The Morgan fingerprint density at radius 3 is 2.74 bits per heavy atom. The number of H-pyrrole nitrogens is 1. The standard InChI is InChI=1S/C14H14N2O3/c1-8-5-11(9(2)15-8)14(17)16-10-3-4-12-13(6-10)19-7-18-12/h3-6,15H,7H2,1-2H3,(H,16,17). The van der Waals surface area contributed by atoms with Crippen molar-refractivity contribution in [3.63, 3.8) is 0 Å². The highest BCUT2D eigenvalue weighted by atomic mass is 16.7. The van der Waals surface area contributed by atoms with E-state index in [1.165, 1.54) is 0 Å². The molecule has 1 aliphatic heterocycles. The second-order valence-electron chi connectivity index (χ2n) is 4.51. The number of rotatable bonds is 2. The number of aromatic amines is 1. The predicted octanol–water partition coefficient (Wildman–Crippen LogP) is 2.61. The maximum absolute atomic E-state index is 12.1. The zero-order chi connectivity index (χ0) is 13.4. The monoisotopic (exact) mass is 258 g/mol. The van der Waals surface area contributed by atoms with E-state index in [2.05, 4.69) is 10.3 Å². The minimum absolute atomic E-state index is 0.138. The van der Waals surface area contributed by atoms with Crippen LogP contribution in [0.5, 0.6) is 11.5 Å². The lowest BCUT2D eigenvalue weighted by Gasteiger charge is -2.05. The van der Waals surface area contributed by atoms with Crippen LogP contribution in [0, 0.1) is 13.8 Å². The summed E-state index contributed by atoms with van der Waals surface area (Å²) in [6, 6.07) is 7.17. The van der Waals surface area contributed by atoms with Crippen molar-refractivity contribution in [2.75, 3.05) is 12.1 Å². The molecule has 0 fully saturated rings. The number of benzene rings is 1. The van der Waals surface area contributed by atoms with E-state index in [-0.39, 0.29) is 12.7 Å². The van der Waals surface area contributed by atoms with Gasteiger partial charge in [0, 0.05) is 23.1 Å². The van der Waals surface area contributed by atoms with Crippen LogP contribution in [-0.2, 0) is 0 Å². The molecule has 2 aromatic rings. The third-order valence-electron chi connectivity index (χ3n) is 3.02. The third kappa shape index (κ3) is 2.14. The van der Waals surface area contributed by atoms with E-state index >= 15 is 0 Å². The number of carbonyl (C=O) groups is 1. The number of aryl methyl sites for hydroxylation is 2. The summed E-state index contributed by atoms with van der Waals surface area (Å²) in [6.45, 7) is 4.02. The third-order valence-corrected chi connectivity index (χ3v) is 3.02. The van der Waals surface area contributed by atoms with Crippen LogP contribution in [0.25, 0.3) is 0 Å². The van der Waals surface area contributed by atoms with E-state index in [1.807, 2.05) is 19.9 Å². The first kappa shape index (κ1) is 11.6. The lowest BCUT2D eigenvalue weighted by atomic mass is 10.2. The molecule has 1 aromatic heterocycles. The molecule has 0 saturated carbocycles. The highest BCUT2D eigenvalue weighted by molar-refractivity contribution is 6.05. The molecule has 0 unspecified atom stereocenters. The molecule has 1 amide bonds. The van der Waals surface area contributed by atoms with Crippen molar-refractivity contribution in [1.82, 2.24) is 4.98 Å². The summed E-state index contributed by atoms with van der Waals surface area (Å²) in [6.07, 6.45) is 0. The number of fused-ring (bicyclic) bond motifs is 1. The van der Waals surface area contributed by atoms with Gasteiger partial charge in [0.15, 0.2) is 11.5 Å². The van der Waals surface area contributed by atoms with Gasteiger partial charge < -0.3 is 19.8 Å². The van der Waals surface area contributed by atoms with Gasteiger partial charge in [0.25, 0.3) is 5.91 Å². The molecule has 1 aromatic carbocycles. The molecular weight excluding hydrogens is 244 g/mol. The second kappa shape index (κ2) is 4.35. The number of hydrogen-bond donors (Lipinski definition) is 2. The smallest absolute Gasteiger partial charge is 0.257 e. The maximum atomic E-state index is 12.1. The average molecular weight is 258 g/mol. The summed E-state index contributed by atoms with van der Waals surface area (Å²) >= 11 is 0. The van der Waals surface area contributed by atoms with Gasteiger partial charge in [0.2, 0.25) is 6.79 Å². The largest absolute Gasteiger partial charge is 0.454 e. The number of hydrogen-bond acceptors (Lipinski definition) is 3. The van der Waals surface area contributed by atoms with Gasteiger partial charge in [0.1, 0.15) is 0 Å². The maximum Gasteiger partial charge on any atom is 0.257 e. The molecule has 1 aliphatic rings. The Kier molecular flexibility index (Phi) is 2.67. The van der Waals surface area contributed by atoms with Crippen molar-refractivity contribution in [1.29, 1.82) is 0 Å². The Balaban J connectivity index is 1.81. The van der Waals surface area contributed by atoms with Gasteiger partial charge in [-0.25, -0.2) is 0 Å². The van der Waals surface area contributed by atoms with E-state index in [1.54, 1.807) is 18.2 Å². The normalized spacial score (nSPS) is 12.5. The van der Waals surface area contributed by atoms with Crippen LogP contribution in [0.3, 0.4) is 0 Å². The van der Waals surface area contributed by atoms with Gasteiger partial charge >= 0.3 is 0 Å². The fraction of sp³-hybridized carbons (Fsp3) is 0.214. The molecule has 2 heterocycles. The summed E-state index contributed by atoms with van der Waals surface area (Å²) in [5.41, 5.74) is 3.16. The lowest BCUT2D eigenvalue weighted by Crippen LogP contribution is -2.12. The highest BCUT2D eigenvalue weighted by Gasteiger charge is 2.16. The zero-order valence-corrected chi connectivity index (χ0v) is 10.7. The Hall–Kier alpha value is -2.43. The van der Waals surface area contributed by atoms with E-state index in [9.17, 15) is 4.79 Å². The van der Waals surface area contributed by atoms with E-state index in [0.29, 0.717) is 22.7 Å².